The summed E-state index contributed by atoms with van der Waals surface area (Å²) in [5.74, 6) is -1.30. The van der Waals surface area contributed by atoms with Gasteiger partial charge in [0.25, 0.3) is 0 Å². The van der Waals surface area contributed by atoms with Crippen molar-refractivity contribution < 1.29 is 37.0 Å². The second kappa shape index (κ2) is 8.89. The minimum Gasteiger partial charge on any atom is -0.765 e. The second-order valence-corrected chi connectivity index (χ2v) is 6.09. The van der Waals surface area contributed by atoms with Crippen LogP contribution >= 0.6 is 11.6 Å². The Morgan fingerprint density at radius 3 is 2.70 bits per heavy atom. The Balaban J connectivity index is 2.36. The Hall–Kier alpha value is -1.85. The smallest absolute Gasteiger partial charge is 0.430 e. The zero-order valence-corrected chi connectivity index (χ0v) is 15.0. The van der Waals surface area contributed by atoms with Crippen molar-refractivity contribution in [2.75, 3.05) is 20.3 Å². The van der Waals surface area contributed by atoms with Crippen molar-refractivity contribution in [1.82, 2.24) is 5.64 Å². The Bertz CT molecular complexity index is 725. The normalized spacial score (nSPS) is 17.6. The molecule has 0 spiro atoms. The van der Waals surface area contributed by atoms with Crippen LogP contribution in [0.4, 0.5) is 13.2 Å². The molecule has 7 nitrogen and oxygen atoms in total. The molecule has 0 aliphatic carbocycles. The minimum absolute atomic E-state index is 0.0226. The third kappa shape index (κ3) is 5.33. The molecule has 11 heteroatoms. The molecule has 1 unspecified atom stereocenters. The van der Waals surface area contributed by atoms with Gasteiger partial charge in [0.15, 0.2) is 6.10 Å². The Labute approximate surface area is 157 Å². The van der Waals surface area contributed by atoms with Crippen LogP contribution in [0, 0.1) is 12.1 Å². The topological polar surface area (TPSA) is 89.1 Å². The van der Waals surface area contributed by atoms with Gasteiger partial charge in [0, 0.05) is 17.7 Å². The lowest BCUT2D eigenvalue weighted by atomic mass is 9.99. The lowest BCUT2D eigenvalue weighted by Crippen LogP contribution is -2.42. The van der Waals surface area contributed by atoms with Gasteiger partial charge in [-0.1, -0.05) is 11.6 Å². The molecule has 1 aromatic rings. The van der Waals surface area contributed by atoms with E-state index in [1.54, 1.807) is 0 Å². The van der Waals surface area contributed by atoms with E-state index in [1.165, 1.54) is 26.2 Å². The van der Waals surface area contributed by atoms with Gasteiger partial charge in [0.1, 0.15) is 12.4 Å². The number of esters is 1. The van der Waals surface area contributed by atoms with Crippen LogP contribution in [-0.2, 0) is 19.1 Å². The van der Waals surface area contributed by atoms with Gasteiger partial charge in [-0.3, -0.25) is 5.64 Å². The number of halogens is 4. The summed E-state index contributed by atoms with van der Waals surface area (Å²) < 4.78 is 55.2. The average molecular weight is 411 g/mol. The number of hydrogen-bond donors (Lipinski definition) is 1. The minimum atomic E-state index is -4.86. The predicted octanol–water partition coefficient (Wildman–Crippen LogP) is 2.93. The zero-order chi connectivity index (χ0) is 20.2. The molecule has 1 heterocycles. The van der Waals surface area contributed by atoms with E-state index in [0.29, 0.717) is 5.56 Å². The van der Waals surface area contributed by atoms with E-state index in [-0.39, 0.29) is 22.9 Å². The number of ether oxygens (including phenoxy) is 3. The molecule has 1 aliphatic heterocycles. The van der Waals surface area contributed by atoms with Gasteiger partial charge in [0.2, 0.25) is 6.10 Å². The van der Waals surface area contributed by atoms with Crippen LogP contribution in [0.1, 0.15) is 11.1 Å². The molecular formula is C16H16ClF3NO6-. The highest BCUT2D eigenvalue weighted by atomic mass is 35.5. The summed E-state index contributed by atoms with van der Waals surface area (Å²) in [6.45, 7) is 0.923. The first-order chi connectivity index (χ1) is 12.7. The molecule has 0 saturated carbocycles. The first-order valence-electron chi connectivity index (χ1n) is 7.61. The van der Waals surface area contributed by atoms with Gasteiger partial charge in [-0.05, 0) is 30.7 Å². The van der Waals surface area contributed by atoms with Crippen molar-refractivity contribution in [2.45, 2.75) is 25.3 Å². The summed E-state index contributed by atoms with van der Waals surface area (Å²) in [6.07, 6.45) is -7.46. The molecule has 1 aromatic carbocycles. The molecule has 0 radical (unpaired) electrons. The summed E-state index contributed by atoms with van der Waals surface area (Å²) in [6, 6.07) is 2.83. The molecule has 150 valence electrons. The van der Waals surface area contributed by atoms with E-state index in [1.807, 2.05) is 0 Å². The number of benzene rings is 1. The molecule has 0 bridgehead atoms. The first kappa shape index (κ1) is 21.5. The summed E-state index contributed by atoms with van der Waals surface area (Å²) >= 11 is 5.93. The fourth-order valence-electron chi connectivity index (χ4n) is 2.51. The zero-order valence-electron chi connectivity index (χ0n) is 14.3. The van der Waals surface area contributed by atoms with Crippen molar-refractivity contribution in [1.29, 1.82) is 0 Å². The van der Waals surface area contributed by atoms with Gasteiger partial charge in [0.05, 0.1) is 12.2 Å². The molecule has 27 heavy (non-hydrogen) atoms. The van der Waals surface area contributed by atoms with Crippen LogP contribution in [-0.4, -0.2) is 44.7 Å². The van der Waals surface area contributed by atoms with E-state index in [4.69, 9.17) is 25.8 Å². The lowest BCUT2D eigenvalue weighted by Gasteiger charge is -2.29. The fourth-order valence-corrected chi connectivity index (χ4v) is 2.79. The van der Waals surface area contributed by atoms with E-state index in [2.05, 4.69) is 4.84 Å². The number of carbonyl (C=O) groups excluding carboxylic acids is 1. The van der Waals surface area contributed by atoms with Crippen LogP contribution in [0.15, 0.2) is 17.7 Å². The van der Waals surface area contributed by atoms with Crippen LogP contribution in [0.2, 0.25) is 5.02 Å². The molecule has 2 atom stereocenters. The monoisotopic (exact) mass is 410 g/mol. The van der Waals surface area contributed by atoms with Crippen molar-refractivity contribution in [3.8, 4) is 5.75 Å². The van der Waals surface area contributed by atoms with Crippen LogP contribution < -0.4 is 10.4 Å². The van der Waals surface area contributed by atoms with Crippen molar-refractivity contribution in [2.24, 2.45) is 0 Å². The quantitative estimate of drug-likeness (QED) is 0.546. The highest BCUT2D eigenvalue weighted by Gasteiger charge is 2.49. The molecule has 1 aliphatic rings. The van der Waals surface area contributed by atoms with Gasteiger partial charge in [-0.2, -0.15) is 13.2 Å². The molecule has 2 rings (SSSR count). The Kier molecular flexibility index (Phi) is 7.06. The highest BCUT2D eigenvalue weighted by molar-refractivity contribution is 6.30. The van der Waals surface area contributed by atoms with Crippen LogP contribution in [0.25, 0.3) is 6.08 Å². The standard InChI is InChI=1S/C16H16ClF3NO6/c1-8-3-10(17)4-9-5-12(14(16(18,19)20)27-13(8)9)15(22)26-11(6-24-2)7-25-21-23/h3-5,11,14,21H,6-7H2,1-2H3/q-1/t11?,14-/m0/s1. The number of nitrogens with one attached hydrogen (secondary N) is 1. The highest BCUT2D eigenvalue weighted by Crippen LogP contribution is 2.40. The number of methoxy groups -OCH3 is 1. The predicted molar refractivity (Wildman–Crippen MR) is 88.8 cm³/mol. The maximum atomic E-state index is 13.4. The maximum absolute atomic E-state index is 13.4. The van der Waals surface area contributed by atoms with Gasteiger partial charge < -0.3 is 24.3 Å². The summed E-state index contributed by atoms with van der Waals surface area (Å²) in [4.78, 5) is 16.7. The van der Waals surface area contributed by atoms with Crippen LogP contribution in [0.5, 0.6) is 5.75 Å². The maximum Gasteiger partial charge on any atom is 0.430 e. The van der Waals surface area contributed by atoms with Crippen molar-refractivity contribution >= 4 is 23.6 Å². The van der Waals surface area contributed by atoms with E-state index in [0.717, 1.165) is 11.7 Å². The van der Waals surface area contributed by atoms with E-state index < -0.39 is 36.5 Å². The third-order valence-electron chi connectivity index (χ3n) is 3.58. The van der Waals surface area contributed by atoms with Gasteiger partial charge in [-0.25, -0.2) is 4.79 Å². The number of alkyl halides is 3. The summed E-state index contributed by atoms with van der Waals surface area (Å²) in [5, 5.41) is 10.4. The first-order valence-corrected chi connectivity index (χ1v) is 7.99. The molecule has 0 amide bonds. The summed E-state index contributed by atoms with van der Waals surface area (Å²) in [5.41, 5.74) is 0.988. The SMILES string of the molecule is COCC(CON[O-])OC(=O)C1=Cc2cc(Cl)cc(C)c2O[C@@H]1C(F)(F)F. The van der Waals surface area contributed by atoms with Gasteiger partial charge in [-0.15, -0.1) is 0 Å². The molecule has 0 saturated heterocycles. The summed E-state index contributed by atoms with van der Waals surface area (Å²) in [7, 11) is 1.29. The molecule has 0 fully saturated rings. The van der Waals surface area contributed by atoms with Crippen molar-refractivity contribution in [3.05, 3.63) is 39.1 Å². The Morgan fingerprint density at radius 1 is 1.41 bits per heavy atom. The largest absolute Gasteiger partial charge is 0.765 e. The Morgan fingerprint density at radius 2 is 2.11 bits per heavy atom. The number of hydrogen-bond acceptors (Lipinski definition) is 7. The second-order valence-electron chi connectivity index (χ2n) is 5.66. The molecule has 1 N–H and O–H groups in total. The molecular weight excluding hydrogens is 395 g/mol. The number of aryl methyl sites for hydroxylation is 1. The fraction of sp³-hybridized carbons (Fsp3) is 0.438. The van der Waals surface area contributed by atoms with Gasteiger partial charge >= 0.3 is 12.1 Å². The number of fused-ring (bicyclic) bond motifs is 1. The third-order valence-corrected chi connectivity index (χ3v) is 3.80. The van der Waals surface area contributed by atoms with Crippen molar-refractivity contribution in [3.63, 3.8) is 0 Å². The average Bonchev–Trinajstić information content (AvgIpc) is 2.57. The lowest BCUT2D eigenvalue weighted by molar-refractivity contribution is -0.190. The van der Waals surface area contributed by atoms with E-state index in [9.17, 15) is 23.2 Å². The number of rotatable bonds is 7. The molecule has 0 aromatic heterocycles. The number of carbonyl (C=O) groups is 1. The van der Waals surface area contributed by atoms with E-state index >= 15 is 0 Å². The van der Waals surface area contributed by atoms with Crippen LogP contribution in [0.3, 0.4) is 0 Å².